The smallest absolute Gasteiger partial charge is 0.150 e. The van der Waals surface area contributed by atoms with Gasteiger partial charge in [0.25, 0.3) is 0 Å². The zero-order chi connectivity index (χ0) is 10.3. The highest BCUT2D eigenvalue weighted by Crippen LogP contribution is 1.98. The third-order valence-electron chi connectivity index (χ3n) is 1.21. The molecule has 2 heteroatoms. The first-order valence-electron chi connectivity index (χ1n) is 4.05. The molecule has 0 saturated heterocycles. The minimum atomic E-state index is 0.737. The third-order valence-corrected chi connectivity index (χ3v) is 1.21. The molecule has 0 saturated carbocycles. The van der Waals surface area contributed by atoms with Gasteiger partial charge in [0.05, 0.1) is 0 Å². The van der Waals surface area contributed by atoms with Gasteiger partial charge < -0.3 is 0 Å². The molecular formula is C11H14OS. The predicted molar refractivity (Wildman–Crippen MR) is 60.5 cm³/mol. The van der Waals surface area contributed by atoms with E-state index in [2.05, 4.69) is 12.2 Å². The van der Waals surface area contributed by atoms with Gasteiger partial charge in [-0.3, -0.25) is 4.79 Å². The highest BCUT2D eigenvalue weighted by molar-refractivity contribution is 7.80. The molecule has 0 aliphatic rings. The lowest BCUT2D eigenvalue weighted by Gasteiger charge is -1.89. The highest BCUT2D eigenvalue weighted by Gasteiger charge is 1.85. The Morgan fingerprint density at radius 3 is 1.92 bits per heavy atom. The zero-order valence-electron chi connectivity index (χ0n) is 8.20. The maximum atomic E-state index is 10.1. The summed E-state index contributed by atoms with van der Waals surface area (Å²) >= 11 is 4.54. The molecule has 0 heterocycles. The van der Waals surface area contributed by atoms with Crippen LogP contribution < -0.4 is 0 Å². The number of carbonyl (C=O) groups excluding carboxylic acids is 1. The summed E-state index contributed by atoms with van der Waals surface area (Å²) in [6.45, 7) is 5.79. The van der Waals surface area contributed by atoms with E-state index in [-0.39, 0.29) is 0 Å². The molecular weight excluding hydrogens is 180 g/mol. The summed E-state index contributed by atoms with van der Waals surface area (Å²) < 4.78 is 0. The predicted octanol–water partition coefficient (Wildman–Crippen LogP) is 3.20. The van der Waals surface area contributed by atoms with Crippen molar-refractivity contribution in [2.45, 2.75) is 20.8 Å². The van der Waals surface area contributed by atoms with Gasteiger partial charge in [-0.1, -0.05) is 42.0 Å². The molecule has 1 nitrogen and oxygen atoms in total. The van der Waals surface area contributed by atoms with Crippen molar-refractivity contribution in [3.05, 3.63) is 35.4 Å². The molecule has 0 aliphatic heterocycles. The lowest BCUT2D eigenvalue weighted by Crippen LogP contribution is -1.77. The van der Waals surface area contributed by atoms with Crippen molar-refractivity contribution < 1.29 is 4.79 Å². The Labute approximate surface area is 84.8 Å². The number of aryl methyl sites for hydroxylation is 1. The Bertz CT molecular complexity index is 271. The minimum Gasteiger partial charge on any atom is -0.298 e. The summed E-state index contributed by atoms with van der Waals surface area (Å²) in [4.78, 5) is 11.1. The van der Waals surface area contributed by atoms with E-state index in [1.165, 1.54) is 5.56 Å². The molecule has 0 spiro atoms. The van der Waals surface area contributed by atoms with Crippen LogP contribution in [0.2, 0.25) is 0 Å². The second kappa shape index (κ2) is 6.49. The summed E-state index contributed by atoms with van der Waals surface area (Å²) in [5, 5.41) is 0. The Balaban J connectivity index is 0.000000310. The van der Waals surface area contributed by atoms with Crippen molar-refractivity contribution in [3.63, 3.8) is 0 Å². The van der Waals surface area contributed by atoms with Crippen LogP contribution in [0.4, 0.5) is 0 Å². The third kappa shape index (κ3) is 7.34. The van der Waals surface area contributed by atoms with Crippen LogP contribution in [0.25, 0.3) is 0 Å². The summed E-state index contributed by atoms with van der Waals surface area (Å²) in [7, 11) is 0. The van der Waals surface area contributed by atoms with Crippen molar-refractivity contribution in [1.29, 1.82) is 0 Å². The molecule has 13 heavy (non-hydrogen) atoms. The maximum Gasteiger partial charge on any atom is 0.150 e. The van der Waals surface area contributed by atoms with Crippen LogP contribution in [0.1, 0.15) is 29.8 Å². The zero-order valence-corrected chi connectivity index (χ0v) is 9.02. The lowest BCUT2D eigenvalue weighted by atomic mass is 10.2. The van der Waals surface area contributed by atoms with Crippen LogP contribution in [0.15, 0.2) is 24.3 Å². The largest absolute Gasteiger partial charge is 0.298 e. The van der Waals surface area contributed by atoms with Crippen LogP contribution >= 0.6 is 12.2 Å². The number of aldehydes is 1. The molecule has 0 radical (unpaired) electrons. The van der Waals surface area contributed by atoms with Gasteiger partial charge in [0, 0.05) is 5.56 Å². The van der Waals surface area contributed by atoms with Crippen LogP contribution in [0.5, 0.6) is 0 Å². The molecule has 1 rings (SSSR count). The van der Waals surface area contributed by atoms with E-state index in [0.717, 1.165) is 16.7 Å². The van der Waals surface area contributed by atoms with Crippen LogP contribution in [-0.2, 0) is 0 Å². The summed E-state index contributed by atoms with van der Waals surface area (Å²) in [5.41, 5.74) is 1.92. The fourth-order valence-electron chi connectivity index (χ4n) is 0.645. The molecule has 0 atom stereocenters. The number of hydrogen-bond donors (Lipinski definition) is 0. The van der Waals surface area contributed by atoms with Gasteiger partial charge in [0.2, 0.25) is 0 Å². The van der Waals surface area contributed by atoms with Gasteiger partial charge in [-0.05, 0) is 25.6 Å². The number of hydrogen-bond acceptors (Lipinski definition) is 2. The molecule has 1 aromatic carbocycles. The van der Waals surface area contributed by atoms with E-state index in [1.807, 2.05) is 45.0 Å². The number of benzene rings is 1. The Morgan fingerprint density at radius 2 is 1.62 bits per heavy atom. The quantitative estimate of drug-likeness (QED) is 0.504. The standard InChI is InChI=1S/C8H8O.C3H6S/c1-7-2-4-8(6-9)5-3-7;1-3(2)4/h2-6H,1H3;1-2H3. The van der Waals surface area contributed by atoms with Crippen molar-refractivity contribution in [3.8, 4) is 0 Å². The van der Waals surface area contributed by atoms with E-state index >= 15 is 0 Å². The number of thiocarbonyl (C=S) groups is 1. The van der Waals surface area contributed by atoms with Gasteiger partial charge in [0.15, 0.2) is 0 Å². The van der Waals surface area contributed by atoms with Crippen molar-refractivity contribution in [2.75, 3.05) is 0 Å². The van der Waals surface area contributed by atoms with E-state index in [4.69, 9.17) is 0 Å². The van der Waals surface area contributed by atoms with Crippen molar-refractivity contribution in [1.82, 2.24) is 0 Å². The first kappa shape index (κ1) is 12.0. The molecule has 70 valence electrons. The van der Waals surface area contributed by atoms with Gasteiger partial charge in [-0.25, -0.2) is 0 Å². The van der Waals surface area contributed by atoms with Crippen molar-refractivity contribution >= 4 is 23.4 Å². The van der Waals surface area contributed by atoms with Crippen LogP contribution in [-0.4, -0.2) is 11.2 Å². The Hall–Kier alpha value is -1.02. The topological polar surface area (TPSA) is 17.1 Å². The second-order valence-corrected chi connectivity index (χ2v) is 3.75. The van der Waals surface area contributed by atoms with Crippen molar-refractivity contribution in [2.24, 2.45) is 0 Å². The van der Waals surface area contributed by atoms with Gasteiger partial charge in [-0.2, -0.15) is 0 Å². The molecule has 0 unspecified atom stereocenters. The first-order valence-corrected chi connectivity index (χ1v) is 4.46. The Morgan fingerprint density at radius 1 is 1.23 bits per heavy atom. The van der Waals surface area contributed by atoms with E-state index < -0.39 is 0 Å². The van der Waals surface area contributed by atoms with Gasteiger partial charge in [-0.15, -0.1) is 0 Å². The summed E-state index contributed by atoms with van der Waals surface area (Å²) in [6, 6.07) is 7.46. The first-order chi connectivity index (χ1) is 6.06. The lowest BCUT2D eigenvalue weighted by molar-refractivity contribution is 0.112. The highest BCUT2D eigenvalue weighted by atomic mass is 32.1. The molecule has 0 N–H and O–H groups in total. The molecule has 0 bridgehead atoms. The molecule has 0 aliphatic carbocycles. The molecule has 0 aromatic heterocycles. The van der Waals surface area contributed by atoms with Gasteiger partial charge >= 0.3 is 0 Å². The fourth-order valence-corrected chi connectivity index (χ4v) is 0.645. The Kier molecular flexibility index (Phi) is 5.98. The fraction of sp³-hybridized carbons (Fsp3) is 0.273. The van der Waals surface area contributed by atoms with Gasteiger partial charge in [0.1, 0.15) is 6.29 Å². The SMILES string of the molecule is CC(C)=S.Cc1ccc(C=O)cc1. The molecule has 1 aromatic rings. The molecule has 0 fully saturated rings. The average Bonchev–Trinajstić information content (AvgIpc) is 2.05. The van der Waals surface area contributed by atoms with E-state index in [0.29, 0.717) is 0 Å². The summed E-state index contributed by atoms with van der Waals surface area (Å²) in [6.07, 6.45) is 0.847. The van der Waals surface area contributed by atoms with E-state index in [1.54, 1.807) is 0 Å². The average molecular weight is 194 g/mol. The number of carbonyl (C=O) groups is 1. The van der Waals surface area contributed by atoms with Crippen LogP contribution in [0.3, 0.4) is 0 Å². The summed E-state index contributed by atoms with van der Waals surface area (Å²) in [5.74, 6) is 0. The monoisotopic (exact) mass is 194 g/mol. The second-order valence-electron chi connectivity index (χ2n) is 2.94. The van der Waals surface area contributed by atoms with E-state index in [9.17, 15) is 4.79 Å². The normalized spacial score (nSPS) is 8.23. The molecule has 0 amide bonds. The maximum absolute atomic E-state index is 10.1. The number of rotatable bonds is 1. The van der Waals surface area contributed by atoms with Crippen LogP contribution in [0, 0.1) is 6.92 Å². The minimum absolute atomic E-state index is 0.737.